The van der Waals surface area contributed by atoms with Gasteiger partial charge in [0.15, 0.2) is 24.8 Å². The number of benzene rings is 8. The predicted molar refractivity (Wildman–Crippen MR) is 462 cm³/mol. The van der Waals surface area contributed by atoms with Crippen molar-refractivity contribution in [2.45, 2.75) is 216 Å². The quantitative estimate of drug-likeness (QED) is 0.128. The van der Waals surface area contributed by atoms with E-state index in [0.29, 0.717) is 23.7 Å². The molecule has 0 aliphatic heterocycles. The Bertz CT molecular complexity index is 5680. The van der Waals surface area contributed by atoms with E-state index in [4.69, 9.17) is 0 Å². The Morgan fingerprint density at radius 3 is 1.05 bits per heavy atom. The minimum atomic E-state index is 0.553. The molecule has 0 amide bonds. The molecule has 0 saturated carbocycles. The van der Waals surface area contributed by atoms with Gasteiger partial charge in [0.1, 0.15) is 28.2 Å². The maximum atomic E-state index is 2.43. The van der Waals surface area contributed by atoms with Crippen LogP contribution in [0.2, 0.25) is 0 Å². The van der Waals surface area contributed by atoms with Gasteiger partial charge in [0.25, 0.3) is 0 Å². The number of aryl methyl sites for hydroxylation is 20. The maximum Gasteiger partial charge on any atom is 0.213 e. The van der Waals surface area contributed by atoms with E-state index in [1.54, 1.807) is 0 Å². The summed E-state index contributed by atoms with van der Waals surface area (Å²) >= 11 is 0. The van der Waals surface area contributed by atoms with Crippen molar-refractivity contribution in [1.82, 2.24) is 0 Å². The predicted octanol–water partition coefficient (Wildman–Crippen LogP) is 24.5. The summed E-state index contributed by atoms with van der Waals surface area (Å²) in [5.74, 6) is 2.34. The zero-order valence-electron chi connectivity index (χ0n) is 71.5. The van der Waals surface area contributed by atoms with Crippen molar-refractivity contribution in [2.75, 3.05) is 0 Å². The summed E-state index contributed by atoms with van der Waals surface area (Å²) in [5, 5.41) is 0. The van der Waals surface area contributed by atoms with Crippen molar-refractivity contribution in [2.24, 2.45) is 34.1 Å². The molecule has 0 radical (unpaired) electrons. The molecule has 0 atom stereocenters. The number of aromatic nitrogens is 4. The Labute approximate surface area is 655 Å². The molecule has 0 unspecified atom stereocenters. The highest BCUT2D eigenvalue weighted by atomic mass is 14.9. The Balaban J connectivity index is 0.000000128. The van der Waals surface area contributed by atoms with Gasteiger partial charge in [-0.1, -0.05) is 152 Å². The molecule has 0 saturated heterocycles. The van der Waals surface area contributed by atoms with Crippen LogP contribution in [0, 0.1) is 117 Å². The van der Waals surface area contributed by atoms with Crippen molar-refractivity contribution in [3.63, 3.8) is 0 Å². The molecule has 0 N–H and O–H groups in total. The average Bonchev–Trinajstić information content (AvgIpc) is 1.62. The fourth-order valence-electron chi connectivity index (χ4n) is 19.2. The molecule has 109 heavy (non-hydrogen) atoms. The number of hydrogen-bond donors (Lipinski definition) is 0. The van der Waals surface area contributed by atoms with E-state index < -0.39 is 0 Å². The molecule has 4 heterocycles. The van der Waals surface area contributed by atoms with Crippen LogP contribution >= 0.6 is 0 Å². The number of hydrogen-bond acceptors (Lipinski definition) is 0. The highest BCUT2D eigenvalue weighted by Crippen LogP contribution is 2.51. The van der Waals surface area contributed by atoms with Crippen LogP contribution in [0.3, 0.4) is 0 Å². The summed E-state index contributed by atoms with van der Waals surface area (Å²) in [4.78, 5) is 0. The summed E-state index contributed by atoms with van der Waals surface area (Å²) in [6, 6.07) is 46.9. The lowest BCUT2D eigenvalue weighted by Crippen LogP contribution is -2.32. The smallest absolute Gasteiger partial charge is 0.201 e. The fraction of sp³-hybridized carbons (Fsp3) is 0.352. The molecule has 0 fully saturated rings. The molecule has 8 aromatic carbocycles. The van der Waals surface area contributed by atoms with E-state index >= 15 is 0 Å². The van der Waals surface area contributed by atoms with Crippen molar-refractivity contribution < 1.29 is 18.3 Å². The van der Waals surface area contributed by atoms with Crippen LogP contribution < -0.4 is 18.3 Å². The highest BCUT2D eigenvalue weighted by Gasteiger charge is 2.35. The van der Waals surface area contributed by atoms with E-state index in [1.807, 2.05) is 0 Å². The van der Waals surface area contributed by atoms with Crippen molar-refractivity contribution in [3.05, 3.63) is 302 Å². The second-order valence-electron chi connectivity index (χ2n) is 34.9. The lowest BCUT2D eigenvalue weighted by molar-refractivity contribution is -0.660. The second-order valence-corrected chi connectivity index (χ2v) is 34.9. The van der Waals surface area contributed by atoms with Gasteiger partial charge in [-0.15, -0.1) is 0 Å². The SMILES string of the molecule is Cc1cc(-c2c(C)cc(C)c3c2Cc2c-3cccc2C(C)C)[n+](C)cc1C.Cc1cc(-c2c(C)cc(C)c3c2Cc2cc(C(C)C)ccc2-3)[n+](C)cc1C.Cc1cc(-c2c(C)cc(C)c3c2Cc2ccc(C(C)C)cc2-3)[n+](C)cc1C.Cc1cc(-c2c(C)cc(C)c3c2Cc2cccc(CC(C)C)c2-3)[n+](C)cc1C. The van der Waals surface area contributed by atoms with Crippen LogP contribution in [0.4, 0.5) is 0 Å². The van der Waals surface area contributed by atoms with Gasteiger partial charge >= 0.3 is 0 Å². The zero-order valence-corrected chi connectivity index (χ0v) is 71.5. The monoisotopic (exact) mass is 1440 g/mol. The molecule has 4 aliphatic rings. The van der Waals surface area contributed by atoms with E-state index in [9.17, 15) is 0 Å². The average molecular weight is 1440 g/mol. The number of nitrogens with zero attached hydrogens (tertiary/aromatic N) is 4. The molecule has 0 bridgehead atoms. The van der Waals surface area contributed by atoms with Crippen LogP contribution in [-0.2, 0) is 60.3 Å². The Morgan fingerprint density at radius 2 is 0.615 bits per heavy atom. The van der Waals surface area contributed by atoms with Gasteiger partial charge in [-0.3, -0.25) is 0 Å². The summed E-state index contributed by atoms with van der Waals surface area (Å²) in [6.45, 7) is 54.2. The summed E-state index contributed by atoms with van der Waals surface area (Å²) in [6.07, 6.45) is 14.4. The number of fused-ring (bicyclic) bond motifs is 12. The van der Waals surface area contributed by atoms with Gasteiger partial charge in [-0.05, 0) is 345 Å². The fourth-order valence-corrected chi connectivity index (χ4v) is 19.2. The molecular weight excluding hydrogens is 1320 g/mol. The van der Waals surface area contributed by atoms with Crippen molar-refractivity contribution >= 4 is 0 Å². The molecular formula is C105H122N4+4. The molecule has 4 aliphatic carbocycles. The van der Waals surface area contributed by atoms with Crippen LogP contribution in [0.5, 0.6) is 0 Å². The Morgan fingerprint density at radius 1 is 0.257 bits per heavy atom. The lowest BCUT2D eigenvalue weighted by Gasteiger charge is -2.16. The van der Waals surface area contributed by atoms with Gasteiger partial charge in [-0.25, -0.2) is 18.3 Å². The molecule has 4 heteroatoms. The number of pyridine rings is 4. The first-order chi connectivity index (χ1) is 51.6. The first kappa shape index (κ1) is 77.5. The van der Waals surface area contributed by atoms with Crippen LogP contribution in [-0.4, -0.2) is 0 Å². The molecule has 4 nitrogen and oxygen atoms in total. The Kier molecular flexibility index (Phi) is 21.6. The molecule has 16 rings (SSSR count). The lowest BCUT2D eigenvalue weighted by atomic mass is 9.88. The summed E-state index contributed by atoms with van der Waals surface area (Å²) < 4.78 is 9.19. The largest absolute Gasteiger partial charge is 0.213 e. The normalized spacial score (nSPS) is 12.4. The van der Waals surface area contributed by atoms with Gasteiger partial charge < -0.3 is 0 Å². The van der Waals surface area contributed by atoms with E-state index in [-0.39, 0.29) is 0 Å². The van der Waals surface area contributed by atoms with Crippen LogP contribution in [0.1, 0.15) is 229 Å². The molecule has 4 aromatic heterocycles. The molecule has 0 spiro atoms. The minimum absolute atomic E-state index is 0.553. The number of rotatable bonds is 9. The summed E-state index contributed by atoms with van der Waals surface area (Å²) in [5.41, 5.74) is 62.5. The summed E-state index contributed by atoms with van der Waals surface area (Å²) in [7, 11) is 8.70. The van der Waals surface area contributed by atoms with E-state index in [0.717, 1.165) is 32.1 Å². The van der Waals surface area contributed by atoms with Crippen LogP contribution in [0.25, 0.3) is 89.5 Å². The zero-order chi connectivity index (χ0) is 78.5. The van der Waals surface area contributed by atoms with E-state index in [1.165, 1.54) is 245 Å². The van der Waals surface area contributed by atoms with Gasteiger partial charge in [0.05, 0.1) is 22.3 Å². The molecule has 12 aromatic rings. The van der Waals surface area contributed by atoms with Crippen LogP contribution in [0.15, 0.2) is 146 Å². The van der Waals surface area contributed by atoms with Gasteiger partial charge in [-0.2, -0.15) is 0 Å². The van der Waals surface area contributed by atoms with Gasteiger partial charge in [0.2, 0.25) is 22.8 Å². The third kappa shape index (κ3) is 14.3. The molecule has 558 valence electrons. The second kappa shape index (κ2) is 30.3. The third-order valence-corrected chi connectivity index (χ3v) is 25.1. The third-order valence-electron chi connectivity index (χ3n) is 25.1. The first-order valence-electron chi connectivity index (χ1n) is 40.5. The van der Waals surface area contributed by atoms with E-state index in [2.05, 4.69) is 359 Å². The topological polar surface area (TPSA) is 15.5 Å². The van der Waals surface area contributed by atoms with Crippen molar-refractivity contribution in [1.29, 1.82) is 0 Å². The highest BCUT2D eigenvalue weighted by molar-refractivity contribution is 5.92. The Hall–Kier alpha value is -9.64. The maximum absolute atomic E-state index is 2.43. The van der Waals surface area contributed by atoms with Crippen molar-refractivity contribution in [3.8, 4) is 89.5 Å². The standard InChI is InChI=1S/C27H32N.3C26H30N/c1-16(2)11-21-9-8-10-22-14-23-25(18(4)12-19(5)26(23)27(21)22)24-13-17(3)20(6)15-28(24)7;1-15(2)20-8-9-22-21(12-20)13-23-25(22)17(4)10-18(5)26(23)24-11-16(3)19(6)14-27(24)7;1-15(2)20-8-9-21-13-23-25(22(21)12-20)17(4)10-18(5)26(23)24-11-16(3)19(6)14-27(24)7;1-15(2)20-9-8-10-21-22(20)13-23-25(21)17(4)11-18(5)26(23)24-12-16(3)19(6)14-27(24)7/h8-10,12-13,15-16H,11,14H2,1-7H3;3*8-12,14-15H,13H2,1-7H3/q4*+1. The van der Waals surface area contributed by atoms with Gasteiger partial charge in [0, 0.05) is 46.5 Å². The first-order valence-corrected chi connectivity index (χ1v) is 40.5. The minimum Gasteiger partial charge on any atom is -0.201 e.